The van der Waals surface area contributed by atoms with Gasteiger partial charge in [0.15, 0.2) is 0 Å². The van der Waals surface area contributed by atoms with Crippen molar-refractivity contribution in [1.29, 1.82) is 0 Å². The number of nitrogens with zero attached hydrogens (tertiary/aromatic N) is 1. The molecule has 1 heteroatoms. The molecule has 0 aromatic carbocycles. The zero-order valence-electron chi connectivity index (χ0n) is 8.85. The van der Waals surface area contributed by atoms with Crippen LogP contribution >= 0.6 is 0 Å². The summed E-state index contributed by atoms with van der Waals surface area (Å²) in [6.45, 7) is 14.4. The molecular weight excluding hydrogens is 146 g/mol. The molecule has 1 heterocycles. The van der Waals surface area contributed by atoms with Crippen LogP contribution in [-0.2, 0) is 0 Å². The second-order valence-corrected chi connectivity index (χ2v) is 4.92. The lowest BCUT2D eigenvalue weighted by Crippen LogP contribution is -2.49. The molecule has 0 aromatic heterocycles. The molecule has 0 radical (unpaired) electrons. The van der Waals surface area contributed by atoms with Gasteiger partial charge in [-0.2, -0.15) is 0 Å². The van der Waals surface area contributed by atoms with E-state index in [-0.39, 0.29) is 0 Å². The topological polar surface area (TPSA) is 3.24 Å². The minimum atomic E-state index is 0.320. The van der Waals surface area contributed by atoms with E-state index in [0.29, 0.717) is 11.6 Å². The number of piperidine rings is 1. The van der Waals surface area contributed by atoms with E-state index in [1.807, 2.05) is 0 Å². The van der Waals surface area contributed by atoms with Gasteiger partial charge in [0.25, 0.3) is 0 Å². The molecule has 1 saturated heterocycles. The van der Waals surface area contributed by atoms with E-state index < -0.39 is 0 Å². The molecule has 0 aliphatic carbocycles. The van der Waals surface area contributed by atoms with Crippen molar-refractivity contribution in [2.45, 2.75) is 52.1 Å². The Labute approximate surface area is 76.5 Å². The first-order valence-electron chi connectivity index (χ1n) is 4.84. The molecule has 0 saturated carbocycles. The Balaban J connectivity index is 2.62. The Kier molecular flexibility index (Phi) is 2.62. The van der Waals surface area contributed by atoms with Crippen molar-refractivity contribution in [2.24, 2.45) is 0 Å². The highest BCUT2D eigenvalue weighted by molar-refractivity contribution is 5.03. The summed E-state index contributed by atoms with van der Waals surface area (Å²) in [6.07, 6.45) is 2.36. The van der Waals surface area contributed by atoms with Crippen LogP contribution < -0.4 is 0 Å². The number of hydrogen-bond acceptors (Lipinski definition) is 1. The van der Waals surface area contributed by atoms with E-state index in [1.165, 1.54) is 25.0 Å². The third-order valence-corrected chi connectivity index (χ3v) is 2.68. The maximum atomic E-state index is 4.05. The molecule has 12 heavy (non-hydrogen) atoms. The molecular formula is C11H21N. The summed E-state index contributed by atoms with van der Waals surface area (Å²) in [5.74, 6) is 0. The highest BCUT2D eigenvalue weighted by atomic mass is 15.2. The van der Waals surface area contributed by atoms with Crippen LogP contribution in [0.25, 0.3) is 0 Å². The average Bonchev–Trinajstić information content (AvgIpc) is 1.83. The normalized spacial score (nSPS) is 27.7. The van der Waals surface area contributed by atoms with Crippen molar-refractivity contribution >= 4 is 0 Å². The molecule has 1 aliphatic rings. The summed E-state index contributed by atoms with van der Waals surface area (Å²) in [5.41, 5.74) is 1.74. The first kappa shape index (κ1) is 9.79. The molecule has 1 nitrogen and oxygen atoms in total. The Bertz CT molecular complexity index is 176. The lowest BCUT2D eigenvalue weighted by atomic mass is 9.93. The zero-order chi connectivity index (χ0) is 9.35. The minimum Gasteiger partial charge on any atom is -0.295 e. The molecule has 1 atom stereocenters. The van der Waals surface area contributed by atoms with Gasteiger partial charge in [-0.3, -0.25) is 4.90 Å². The fourth-order valence-corrected chi connectivity index (χ4v) is 2.13. The number of hydrogen-bond donors (Lipinski definition) is 0. The van der Waals surface area contributed by atoms with Crippen LogP contribution in [0.2, 0.25) is 0 Å². The van der Waals surface area contributed by atoms with Crippen LogP contribution in [0.1, 0.15) is 40.5 Å². The van der Waals surface area contributed by atoms with E-state index in [4.69, 9.17) is 0 Å². The van der Waals surface area contributed by atoms with Gasteiger partial charge in [-0.25, -0.2) is 0 Å². The van der Waals surface area contributed by atoms with Crippen LogP contribution in [0.15, 0.2) is 12.2 Å². The predicted octanol–water partition coefficient (Wildman–Crippen LogP) is 2.83. The molecule has 0 amide bonds. The van der Waals surface area contributed by atoms with Gasteiger partial charge < -0.3 is 0 Å². The van der Waals surface area contributed by atoms with E-state index in [9.17, 15) is 0 Å². The van der Waals surface area contributed by atoms with E-state index in [2.05, 4.69) is 39.2 Å². The van der Waals surface area contributed by atoms with Gasteiger partial charge in [0, 0.05) is 18.1 Å². The SMILES string of the molecule is C=C1CCN(C(C)(C)C)[C@@H](C)C1. The summed E-state index contributed by atoms with van der Waals surface area (Å²) in [6, 6.07) is 0.672. The smallest absolute Gasteiger partial charge is 0.0128 e. The zero-order valence-corrected chi connectivity index (χ0v) is 8.85. The van der Waals surface area contributed by atoms with Crippen molar-refractivity contribution in [2.75, 3.05) is 6.54 Å². The Morgan fingerprint density at radius 3 is 2.42 bits per heavy atom. The lowest BCUT2D eigenvalue weighted by molar-refractivity contribution is 0.0770. The van der Waals surface area contributed by atoms with E-state index >= 15 is 0 Å². The van der Waals surface area contributed by atoms with Crippen molar-refractivity contribution in [3.05, 3.63) is 12.2 Å². The largest absolute Gasteiger partial charge is 0.295 e. The molecule has 70 valence electrons. The summed E-state index contributed by atoms with van der Waals surface area (Å²) in [5, 5.41) is 0. The standard InChI is InChI=1S/C11H21N/c1-9-6-7-12(10(2)8-9)11(3,4)5/h10H,1,6-8H2,2-5H3/t10-/m0/s1. The summed E-state index contributed by atoms with van der Waals surface area (Å²) < 4.78 is 0. The maximum Gasteiger partial charge on any atom is 0.0128 e. The second kappa shape index (κ2) is 3.21. The lowest BCUT2D eigenvalue weighted by Gasteiger charge is -2.43. The quantitative estimate of drug-likeness (QED) is 0.501. The van der Waals surface area contributed by atoms with Crippen molar-refractivity contribution in [3.8, 4) is 0 Å². The summed E-state index contributed by atoms with van der Waals surface area (Å²) in [4.78, 5) is 2.57. The van der Waals surface area contributed by atoms with Crippen molar-refractivity contribution in [1.82, 2.24) is 4.90 Å². The summed E-state index contributed by atoms with van der Waals surface area (Å²) >= 11 is 0. The number of likely N-dealkylation sites (tertiary alicyclic amines) is 1. The van der Waals surface area contributed by atoms with Crippen LogP contribution in [0.3, 0.4) is 0 Å². The molecule has 0 aromatic rings. The fraction of sp³-hybridized carbons (Fsp3) is 0.818. The third-order valence-electron chi connectivity index (χ3n) is 2.68. The fourth-order valence-electron chi connectivity index (χ4n) is 2.13. The molecule has 0 bridgehead atoms. The Hall–Kier alpha value is -0.300. The molecule has 0 N–H and O–H groups in total. The maximum absolute atomic E-state index is 4.05. The summed E-state index contributed by atoms with van der Waals surface area (Å²) in [7, 11) is 0. The van der Waals surface area contributed by atoms with Crippen LogP contribution in [-0.4, -0.2) is 23.0 Å². The van der Waals surface area contributed by atoms with E-state index in [0.717, 1.165) is 0 Å². The predicted molar refractivity (Wildman–Crippen MR) is 54.3 cm³/mol. The van der Waals surface area contributed by atoms with Crippen molar-refractivity contribution < 1.29 is 0 Å². The third kappa shape index (κ3) is 2.10. The molecule has 0 unspecified atom stereocenters. The minimum absolute atomic E-state index is 0.320. The van der Waals surface area contributed by atoms with Gasteiger partial charge in [0.2, 0.25) is 0 Å². The Morgan fingerprint density at radius 2 is 2.00 bits per heavy atom. The second-order valence-electron chi connectivity index (χ2n) is 4.92. The van der Waals surface area contributed by atoms with Gasteiger partial charge in [0.05, 0.1) is 0 Å². The first-order valence-corrected chi connectivity index (χ1v) is 4.84. The monoisotopic (exact) mass is 167 g/mol. The molecule has 1 fully saturated rings. The van der Waals surface area contributed by atoms with Gasteiger partial charge in [-0.1, -0.05) is 12.2 Å². The first-order chi connectivity index (χ1) is 5.41. The van der Waals surface area contributed by atoms with Gasteiger partial charge in [0.1, 0.15) is 0 Å². The molecule has 1 aliphatic heterocycles. The van der Waals surface area contributed by atoms with Crippen molar-refractivity contribution in [3.63, 3.8) is 0 Å². The van der Waals surface area contributed by atoms with E-state index in [1.54, 1.807) is 0 Å². The highest BCUT2D eigenvalue weighted by Crippen LogP contribution is 2.27. The molecule has 0 spiro atoms. The molecule has 1 rings (SSSR count). The average molecular weight is 167 g/mol. The number of rotatable bonds is 0. The van der Waals surface area contributed by atoms with Gasteiger partial charge >= 0.3 is 0 Å². The van der Waals surface area contributed by atoms with Crippen LogP contribution in [0.4, 0.5) is 0 Å². The highest BCUT2D eigenvalue weighted by Gasteiger charge is 2.28. The van der Waals surface area contributed by atoms with Crippen LogP contribution in [0, 0.1) is 0 Å². The Morgan fingerprint density at radius 1 is 1.42 bits per heavy atom. The van der Waals surface area contributed by atoms with Crippen LogP contribution in [0.5, 0.6) is 0 Å². The van der Waals surface area contributed by atoms with Gasteiger partial charge in [-0.15, -0.1) is 0 Å². The van der Waals surface area contributed by atoms with Gasteiger partial charge in [-0.05, 0) is 40.5 Å².